The highest BCUT2D eigenvalue weighted by molar-refractivity contribution is 6.30. The molecule has 0 radical (unpaired) electrons. The molecule has 0 saturated heterocycles. The van der Waals surface area contributed by atoms with Gasteiger partial charge in [0.05, 0.1) is 0 Å². The molecule has 0 aliphatic heterocycles. The van der Waals surface area contributed by atoms with Gasteiger partial charge in [-0.2, -0.15) is 0 Å². The summed E-state index contributed by atoms with van der Waals surface area (Å²) in [5, 5.41) is 7.73. The van der Waals surface area contributed by atoms with E-state index in [4.69, 9.17) is 22.7 Å². The second kappa shape index (κ2) is 3.93. The van der Waals surface area contributed by atoms with Crippen LogP contribution in [0, 0.1) is 5.41 Å². The Labute approximate surface area is 76.2 Å². The fourth-order valence-corrected chi connectivity index (χ4v) is 0.996. The van der Waals surface area contributed by atoms with Crippen molar-refractivity contribution in [2.24, 2.45) is 5.73 Å². The fourth-order valence-electron chi connectivity index (χ4n) is 0.870. The predicted molar refractivity (Wildman–Crippen MR) is 52.4 cm³/mol. The van der Waals surface area contributed by atoms with Gasteiger partial charge in [0.25, 0.3) is 0 Å². The van der Waals surface area contributed by atoms with Gasteiger partial charge in [-0.15, -0.1) is 0 Å². The lowest BCUT2D eigenvalue weighted by atomic mass is 10.1. The van der Waals surface area contributed by atoms with Crippen LogP contribution in [0.4, 0.5) is 0 Å². The van der Waals surface area contributed by atoms with Crippen LogP contribution >= 0.6 is 11.6 Å². The van der Waals surface area contributed by atoms with E-state index in [1.807, 2.05) is 12.1 Å². The standard InChI is InChI=1S/C9H9ClN2/c10-9-3-1-7(2-4-9)8(5-11)6-12/h1-6,11H,12H2/b8-6+,11-5?. The summed E-state index contributed by atoms with van der Waals surface area (Å²) < 4.78 is 0. The molecule has 0 bridgehead atoms. The minimum absolute atomic E-state index is 0.681. The van der Waals surface area contributed by atoms with Crippen molar-refractivity contribution in [3.8, 4) is 0 Å². The summed E-state index contributed by atoms with van der Waals surface area (Å²) in [7, 11) is 0. The smallest absolute Gasteiger partial charge is 0.0406 e. The van der Waals surface area contributed by atoms with Crippen LogP contribution < -0.4 is 5.73 Å². The summed E-state index contributed by atoms with van der Waals surface area (Å²) in [6.45, 7) is 0. The van der Waals surface area contributed by atoms with Crippen molar-refractivity contribution in [3.05, 3.63) is 41.1 Å². The Morgan fingerprint density at radius 1 is 1.33 bits per heavy atom. The third-order valence-electron chi connectivity index (χ3n) is 1.51. The topological polar surface area (TPSA) is 49.9 Å². The first kappa shape index (κ1) is 8.81. The number of nitrogens with one attached hydrogen (secondary N) is 1. The molecule has 1 rings (SSSR count). The molecule has 0 aliphatic carbocycles. The van der Waals surface area contributed by atoms with E-state index in [0.717, 1.165) is 5.56 Å². The van der Waals surface area contributed by atoms with Gasteiger partial charge in [-0.05, 0) is 17.7 Å². The molecule has 12 heavy (non-hydrogen) atoms. The van der Waals surface area contributed by atoms with E-state index >= 15 is 0 Å². The van der Waals surface area contributed by atoms with Crippen molar-refractivity contribution in [2.45, 2.75) is 0 Å². The molecule has 0 aromatic heterocycles. The monoisotopic (exact) mass is 180 g/mol. The molecule has 0 saturated carbocycles. The molecule has 1 aromatic carbocycles. The molecule has 3 N–H and O–H groups in total. The van der Waals surface area contributed by atoms with Gasteiger partial charge in [0, 0.05) is 23.0 Å². The van der Waals surface area contributed by atoms with Gasteiger partial charge in [-0.1, -0.05) is 23.7 Å². The molecular weight excluding hydrogens is 172 g/mol. The molecule has 0 fully saturated rings. The first-order chi connectivity index (χ1) is 5.77. The normalized spacial score (nSPS) is 11.2. The molecule has 0 atom stereocenters. The van der Waals surface area contributed by atoms with Gasteiger partial charge < -0.3 is 11.1 Å². The second-order valence-electron chi connectivity index (χ2n) is 2.27. The Morgan fingerprint density at radius 2 is 1.92 bits per heavy atom. The summed E-state index contributed by atoms with van der Waals surface area (Å²) >= 11 is 5.69. The fraction of sp³-hybridized carbons (Fsp3) is 0. The Hall–Kier alpha value is -1.28. The molecule has 2 nitrogen and oxygen atoms in total. The molecule has 62 valence electrons. The van der Waals surface area contributed by atoms with E-state index in [0.29, 0.717) is 10.6 Å². The zero-order chi connectivity index (χ0) is 8.97. The Bertz CT molecular complexity index is 301. The summed E-state index contributed by atoms with van der Waals surface area (Å²) in [6.07, 6.45) is 2.61. The van der Waals surface area contributed by atoms with Crippen molar-refractivity contribution in [3.63, 3.8) is 0 Å². The third-order valence-corrected chi connectivity index (χ3v) is 1.76. The Balaban J connectivity index is 3.04. The Kier molecular flexibility index (Phi) is 2.88. The molecule has 1 aromatic rings. The van der Waals surface area contributed by atoms with Gasteiger partial charge in [0.1, 0.15) is 0 Å². The SMILES string of the molecule is N=C/C(=C\N)c1ccc(Cl)cc1. The van der Waals surface area contributed by atoms with E-state index in [1.165, 1.54) is 12.4 Å². The number of hydrogen-bond acceptors (Lipinski definition) is 2. The molecule has 3 heteroatoms. The summed E-state index contributed by atoms with van der Waals surface area (Å²) in [5.74, 6) is 0. The lowest BCUT2D eigenvalue weighted by Gasteiger charge is -1.99. The summed E-state index contributed by atoms with van der Waals surface area (Å²) in [6, 6.07) is 7.19. The molecule has 0 heterocycles. The van der Waals surface area contributed by atoms with Crippen LogP contribution in [0.1, 0.15) is 5.56 Å². The molecule has 0 amide bonds. The van der Waals surface area contributed by atoms with E-state index in [2.05, 4.69) is 0 Å². The number of allylic oxidation sites excluding steroid dienone is 1. The van der Waals surface area contributed by atoms with Crippen LogP contribution in [-0.2, 0) is 0 Å². The average molecular weight is 181 g/mol. The van der Waals surface area contributed by atoms with Crippen molar-refractivity contribution < 1.29 is 0 Å². The lowest BCUT2D eigenvalue weighted by Crippen LogP contribution is -1.89. The minimum atomic E-state index is 0.681. The first-order valence-corrected chi connectivity index (χ1v) is 3.84. The molecular formula is C9H9ClN2. The number of rotatable bonds is 2. The highest BCUT2D eigenvalue weighted by Gasteiger charge is 1.95. The van der Waals surface area contributed by atoms with Crippen LogP contribution in [0.25, 0.3) is 5.57 Å². The lowest BCUT2D eigenvalue weighted by molar-refractivity contribution is 1.53. The number of benzene rings is 1. The maximum absolute atomic E-state index is 7.04. The van der Waals surface area contributed by atoms with E-state index in [9.17, 15) is 0 Å². The van der Waals surface area contributed by atoms with Crippen LogP contribution in [-0.4, -0.2) is 6.21 Å². The maximum Gasteiger partial charge on any atom is 0.0406 e. The second-order valence-corrected chi connectivity index (χ2v) is 2.71. The van der Waals surface area contributed by atoms with Crippen LogP contribution in [0.3, 0.4) is 0 Å². The van der Waals surface area contributed by atoms with Gasteiger partial charge in [-0.3, -0.25) is 0 Å². The molecule has 0 spiro atoms. The number of hydrogen-bond donors (Lipinski definition) is 2. The van der Waals surface area contributed by atoms with Crippen molar-refractivity contribution >= 4 is 23.4 Å². The van der Waals surface area contributed by atoms with Crippen LogP contribution in [0.5, 0.6) is 0 Å². The first-order valence-electron chi connectivity index (χ1n) is 3.46. The van der Waals surface area contributed by atoms with Gasteiger partial charge >= 0.3 is 0 Å². The maximum atomic E-state index is 7.04. The van der Waals surface area contributed by atoms with Crippen molar-refractivity contribution in [2.75, 3.05) is 0 Å². The van der Waals surface area contributed by atoms with E-state index < -0.39 is 0 Å². The van der Waals surface area contributed by atoms with Crippen molar-refractivity contribution in [1.82, 2.24) is 0 Å². The predicted octanol–water partition coefficient (Wildman–Crippen LogP) is 2.29. The van der Waals surface area contributed by atoms with Crippen molar-refractivity contribution in [1.29, 1.82) is 5.41 Å². The van der Waals surface area contributed by atoms with E-state index in [-0.39, 0.29) is 0 Å². The largest absolute Gasteiger partial charge is 0.404 e. The van der Waals surface area contributed by atoms with Gasteiger partial charge in [0.2, 0.25) is 0 Å². The number of nitrogens with two attached hydrogens (primary N) is 1. The Morgan fingerprint density at radius 3 is 2.33 bits per heavy atom. The minimum Gasteiger partial charge on any atom is -0.404 e. The van der Waals surface area contributed by atoms with Gasteiger partial charge in [0.15, 0.2) is 0 Å². The van der Waals surface area contributed by atoms with E-state index in [1.54, 1.807) is 12.1 Å². The third kappa shape index (κ3) is 1.86. The quantitative estimate of drug-likeness (QED) is 0.675. The molecule has 0 unspecified atom stereocenters. The summed E-state index contributed by atoms with van der Waals surface area (Å²) in [4.78, 5) is 0. The van der Waals surface area contributed by atoms with Crippen LogP contribution in [0.2, 0.25) is 5.02 Å². The number of halogens is 1. The van der Waals surface area contributed by atoms with Gasteiger partial charge in [-0.25, -0.2) is 0 Å². The average Bonchev–Trinajstić information content (AvgIpc) is 2.10. The molecule has 0 aliphatic rings. The van der Waals surface area contributed by atoms with Crippen LogP contribution in [0.15, 0.2) is 30.5 Å². The summed E-state index contributed by atoms with van der Waals surface area (Å²) in [5.41, 5.74) is 6.89. The highest BCUT2D eigenvalue weighted by atomic mass is 35.5. The highest BCUT2D eigenvalue weighted by Crippen LogP contribution is 2.14. The zero-order valence-corrected chi connectivity index (χ0v) is 7.18. The zero-order valence-electron chi connectivity index (χ0n) is 6.42.